The van der Waals surface area contributed by atoms with Crippen LogP contribution in [0.3, 0.4) is 0 Å². The van der Waals surface area contributed by atoms with Crippen molar-refractivity contribution in [3.8, 4) is 12.3 Å². The van der Waals surface area contributed by atoms with Crippen LogP contribution in [-0.2, 0) is 17.1 Å². The minimum Gasteiger partial charge on any atom is -0.227 e. The first-order chi connectivity index (χ1) is 5.74. The molecule has 0 atom stereocenters. The second-order valence-electron chi connectivity index (χ2n) is 2.30. The maximum atomic E-state index is 10.5. The van der Waals surface area contributed by atoms with Gasteiger partial charge in [-0.25, -0.2) is 8.42 Å². The molecule has 1 aromatic rings. The molecule has 62 valence electrons. The zero-order valence-corrected chi connectivity index (χ0v) is 7.25. The van der Waals surface area contributed by atoms with E-state index in [9.17, 15) is 8.42 Å². The third kappa shape index (κ3) is 2.11. The summed E-state index contributed by atoms with van der Waals surface area (Å²) in [5, 5.41) is 0. The Labute approximate surface area is 73.2 Å². The van der Waals surface area contributed by atoms with Crippen LogP contribution < -0.4 is 0 Å². The van der Waals surface area contributed by atoms with Crippen LogP contribution in [0.4, 0.5) is 0 Å². The minimum atomic E-state index is -2.47. The summed E-state index contributed by atoms with van der Waals surface area (Å²) in [4.78, 5) is 0.325. The Morgan fingerprint density at radius 2 is 1.83 bits per heavy atom. The van der Waals surface area contributed by atoms with E-state index in [1.54, 1.807) is 24.3 Å². The first kappa shape index (κ1) is 8.82. The van der Waals surface area contributed by atoms with E-state index in [-0.39, 0.29) is 0 Å². The SMILES string of the molecule is C#CCc1ccc([SH](=O)=O)cc1. The molecular weight excluding hydrogens is 172 g/mol. The Hall–Kier alpha value is -1.27. The Bertz CT molecular complexity index is 361. The Morgan fingerprint density at radius 3 is 2.25 bits per heavy atom. The summed E-state index contributed by atoms with van der Waals surface area (Å²) in [5.41, 5.74) is 0.957. The number of hydrogen-bond donors (Lipinski definition) is 1. The van der Waals surface area contributed by atoms with Crippen molar-refractivity contribution in [2.24, 2.45) is 0 Å². The van der Waals surface area contributed by atoms with E-state index in [2.05, 4.69) is 5.92 Å². The van der Waals surface area contributed by atoms with Crippen LogP contribution in [0.1, 0.15) is 5.56 Å². The fourth-order valence-corrected chi connectivity index (χ4v) is 1.25. The molecule has 0 saturated carbocycles. The van der Waals surface area contributed by atoms with Crippen molar-refractivity contribution in [1.82, 2.24) is 0 Å². The Morgan fingerprint density at radius 1 is 1.25 bits per heavy atom. The fraction of sp³-hybridized carbons (Fsp3) is 0.111. The molecule has 0 saturated heterocycles. The molecule has 1 aromatic carbocycles. The predicted molar refractivity (Wildman–Crippen MR) is 47.6 cm³/mol. The highest BCUT2D eigenvalue weighted by Gasteiger charge is 1.93. The van der Waals surface area contributed by atoms with Gasteiger partial charge >= 0.3 is 0 Å². The van der Waals surface area contributed by atoms with Gasteiger partial charge in [0, 0.05) is 6.42 Å². The lowest BCUT2D eigenvalue weighted by Gasteiger charge is -1.94. The summed E-state index contributed by atoms with van der Waals surface area (Å²) in [6.45, 7) is 0. The molecule has 0 aliphatic carbocycles. The lowest BCUT2D eigenvalue weighted by molar-refractivity contribution is 0.614. The molecule has 3 heteroatoms. The molecule has 0 aliphatic rings. The van der Waals surface area contributed by atoms with E-state index in [0.717, 1.165) is 5.56 Å². The number of thiol groups is 1. The lowest BCUT2D eigenvalue weighted by Crippen LogP contribution is -1.83. The molecule has 0 aliphatic heterocycles. The van der Waals surface area contributed by atoms with Gasteiger partial charge in [-0.3, -0.25) is 0 Å². The summed E-state index contributed by atoms with van der Waals surface area (Å²) in [5.74, 6) is 2.48. The molecule has 0 unspecified atom stereocenters. The highest BCUT2D eigenvalue weighted by Crippen LogP contribution is 2.05. The van der Waals surface area contributed by atoms with Gasteiger partial charge in [0.15, 0.2) is 10.7 Å². The fourth-order valence-electron chi connectivity index (χ4n) is 0.853. The van der Waals surface area contributed by atoms with Crippen LogP contribution >= 0.6 is 0 Å². The van der Waals surface area contributed by atoms with Crippen LogP contribution in [0.5, 0.6) is 0 Å². The van der Waals surface area contributed by atoms with Gasteiger partial charge < -0.3 is 0 Å². The van der Waals surface area contributed by atoms with Crippen molar-refractivity contribution < 1.29 is 8.42 Å². The van der Waals surface area contributed by atoms with Crippen molar-refractivity contribution in [3.05, 3.63) is 29.8 Å². The smallest absolute Gasteiger partial charge is 0.168 e. The van der Waals surface area contributed by atoms with Gasteiger partial charge in [0.2, 0.25) is 0 Å². The number of hydrogen-bond acceptors (Lipinski definition) is 2. The van der Waals surface area contributed by atoms with Gasteiger partial charge in [0.05, 0.1) is 4.90 Å². The largest absolute Gasteiger partial charge is 0.227 e. The van der Waals surface area contributed by atoms with E-state index in [4.69, 9.17) is 6.42 Å². The average molecular weight is 180 g/mol. The molecule has 0 radical (unpaired) electrons. The van der Waals surface area contributed by atoms with Gasteiger partial charge in [-0.05, 0) is 17.7 Å². The van der Waals surface area contributed by atoms with E-state index in [0.29, 0.717) is 11.3 Å². The van der Waals surface area contributed by atoms with Gasteiger partial charge in [-0.15, -0.1) is 12.3 Å². The van der Waals surface area contributed by atoms with Crippen LogP contribution in [0.2, 0.25) is 0 Å². The molecule has 0 bridgehead atoms. The maximum absolute atomic E-state index is 10.5. The van der Waals surface area contributed by atoms with Crippen LogP contribution in [-0.4, -0.2) is 8.42 Å². The zero-order chi connectivity index (χ0) is 8.97. The van der Waals surface area contributed by atoms with Gasteiger partial charge in [0.25, 0.3) is 0 Å². The molecular formula is C9H8O2S. The number of terminal acetylenes is 1. The Balaban J connectivity index is 2.94. The number of rotatable bonds is 2. The molecule has 0 heterocycles. The molecule has 0 fully saturated rings. The maximum Gasteiger partial charge on any atom is 0.168 e. The standard InChI is InChI=1S/C9H8O2S/c1-2-3-8-4-6-9(7-5-8)12(10)11/h1,4-7,12H,3H2. The van der Waals surface area contributed by atoms with Gasteiger partial charge in [-0.1, -0.05) is 12.1 Å². The lowest BCUT2D eigenvalue weighted by atomic mass is 10.2. The second-order valence-corrected chi connectivity index (χ2v) is 3.34. The predicted octanol–water partition coefficient (Wildman–Crippen LogP) is 0.833. The first-order valence-electron chi connectivity index (χ1n) is 3.41. The molecule has 2 nitrogen and oxygen atoms in total. The summed E-state index contributed by atoms with van der Waals surface area (Å²) in [6, 6.07) is 6.55. The zero-order valence-electron chi connectivity index (χ0n) is 6.36. The van der Waals surface area contributed by atoms with Crippen LogP contribution in [0.25, 0.3) is 0 Å². The first-order valence-corrected chi connectivity index (χ1v) is 4.58. The van der Waals surface area contributed by atoms with E-state index in [1.807, 2.05) is 0 Å². The summed E-state index contributed by atoms with van der Waals surface area (Å²) in [7, 11) is -2.47. The third-order valence-corrected chi connectivity index (χ3v) is 2.17. The van der Waals surface area contributed by atoms with Crippen LogP contribution in [0, 0.1) is 12.3 Å². The number of benzene rings is 1. The monoisotopic (exact) mass is 180 g/mol. The van der Waals surface area contributed by atoms with Crippen molar-refractivity contribution in [2.45, 2.75) is 11.3 Å². The van der Waals surface area contributed by atoms with E-state index < -0.39 is 10.7 Å². The van der Waals surface area contributed by atoms with Gasteiger partial charge in [-0.2, -0.15) is 0 Å². The molecule has 0 aromatic heterocycles. The quantitative estimate of drug-likeness (QED) is 0.540. The van der Waals surface area contributed by atoms with Gasteiger partial charge in [0.1, 0.15) is 0 Å². The minimum absolute atomic E-state index is 0.325. The third-order valence-electron chi connectivity index (χ3n) is 1.45. The summed E-state index contributed by atoms with van der Waals surface area (Å²) in [6.07, 6.45) is 5.63. The molecule has 1 rings (SSSR count). The van der Waals surface area contributed by atoms with Crippen molar-refractivity contribution in [1.29, 1.82) is 0 Å². The summed E-state index contributed by atoms with van der Waals surface area (Å²) < 4.78 is 20.9. The van der Waals surface area contributed by atoms with E-state index >= 15 is 0 Å². The topological polar surface area (TPSA) is 34.1 Å². The summed E-state index contributed by atoms with van der Waals surface area (Å²) >= 11 is 0. The van der Waals surface area contributed by atoms with Crippen molar-refractivity contribution in [2.75, 3.05) is 0 Å². The van der Waals surface area contributed by atoms with Crippen molar-refractivity contribution >= 4 is 10.7 Å². The van der Waals surface area contributed by atoms with Crippen LogP contribution in [0.15, 0.2) is 29.2 Å². The second kappa shape index (κ2) is 3.93. The molecule has 0 N–H and O–H groups in total. The molecule has 12 heavy (non-hydrogen) atoms. The van der Waals surface area contributed by atoms with Crippen molar-refractivity contribution in [3.63, 3.8) is 0 Å². The van der Waals surface area contributed by atoms with E-state index in [1.165, 1.54) is 0 Å². The molecule has 0 amide bonds. The normalized spacial score (nSPS) is 9.67. The Kier molecular flexibility index (Phi) is 2.89. The highest BCUT2D eigenvalue weighted by atomic mass is 32.2. The highest BCUT2D eigenvalue weighted by molar-refractivity contribution is 7.72. The average Bonchev–Trinajstić information content (AvgIpc) is 2.06. The molecule has 0 spiro atoms.